The summed E-state index contributed by atoms with van der Waals surface area (Å²) < 4.78 is 36.6. The Balaban J connectivity index is 1.61. The lowest BCUT2D eigenvalue weighted by molar-refractivity contribution is -0.385. The van der Waals surface area contributed by atoms with E-state index in [9.17, 15) is 23.3 Å². The highest BCUT2D eigenvalue weighted by Crippen LogP contribution is 2.38. The maximum Gasteiger partial charge on any atom is 0.339 e. The first-order valence-corrected chi connectivity index (χ1v) is 13.8. The van der Waals surface area contributed by atoms with Crippen LogP contribution in [0, 0.1) is 30.9 Å². The molecule has 196 valence electrons. The van der Waals surface area contributed by atoms with Gasteiger partial charge in [0.2, 0.25) is 0 Å². The third kappa shape index (κ3) is 5.42. The first kappa shape index (κ1) is 27.3. The lowest BCUT2D eigenvalue weighted by atomic mass is 10.1. The molecule has 0 radical (unpaired) electrons. The molecule has 9 nitrogen and oxygen atoms in total. The molecule has 0 saturated carbocycles. The van der Waals surface area contributed by atoms with Crippen molar-refractivity contribution in [1.29, 1.82) is 0 Å². The summed E-state index contributed by atoms with van der Waals surface area (Å²) in [5.41, 5.74) is 3.36. The van der Waals surface area contributed by atoms with Gasteiger partial charge in [0.25, 0.3) is 11.6 Å². The Bertz CT molecular complexity index is 1630. The number of methoxy groups -OCH3 is 1. The van der Waals surface area contributed by atoms with Crippen LogP contribution in [0.1, 0.15) is 22.3 Å². The monoisotopic (exact) mass is 570 g/mol. The van der Waals surface area contributed by atoms with Crippen LogP contribution < -0.4 is 13.8 Å². The maximum atomic E-state index is 13.1. The predicted octanol–water partition coefficient (Wildman–Crippen LogP) is 5.70. The van der Waals surface area contributed by atoms with Gasteiger partial charge >= 0.3 is 10.1 Å². The van der Waals surface area contributed by atoms with Crippen molar-refractivity contribution in [1.82, 2.24) is 0 Å². The Kier molecular flexibility index (Phi) is 7.58. The van der Waals surface area contributed by atoms with Crippen LogP contribution in [0.3, 0.4) is 0 Å². The van der Waals surface area contributed by atoms with Crippen LogP contribution in [0.2, 0.25) is 0 Å². The summed E-state index contributed by atoms with van der Waals surface area (Å²) in [6, 6.07) is 13.7. The lowest BCUT2D eigenvalue weighted by Gasteiger charge is -2.16. The van der Waals surface area contributed by atoms with Crippen LogP contribution in [0.15, 0.2) is 64.4 Å². The van der Waals surface area contributed by atoms with Gasteiger partial charge in [0.1, 0.15) is 4.90 Å². The first-order chi connectivity index (χ1) is 17.9. The molecule has 3 aromatic rings. The maximum absolute atomic E-state index is 13.1. The van der Waals surface area contributed by atoms with E-state index in [-0.39, 0.29) is 28.0 Å². The number of carbonyl (C=O) groups is 1. The number of nitro benzene ring substituents is 1. The Morgan fingerprint density at radius 3 is 2.34 bits per heavy atom. The van der Waals surface area contributed by atoms with Crippen molar-refractivity contribution >= 4 is 61.8 Å². The number of hydrogen-bond acceptors (Lipinski definition) is 9. The number of aryl methyl sites for hydroxylation is 3. The van der Waals surface area contributed by atoms with Crippen LogP contribution >= 0.6 is 24.0 Å². The van der Waals surface area contributed by atoms with Crippen LogP contribution in [0.5, 0.6) is 11.5 Å². The van der Waals surface area contributed by atoms with Gasteiger partial charge < -0.3 is 8.92 Å². The average molecular weight is 571 g/mol. The van der Waals surface area contributed by atoms with E-state index >= 15 is 0 Å². The number of amides is 1. The molecule has 1 amide bonds. The summed E-state index contributed by atoms with van der Waals surface area (Å²) in [5.74, 6) is -0.296. The molecule has 0 N–H and O–H groups in total. The minimum atomic E-state index is -4.40. The first-order valence-electron chi connectivity index (χ1n) is 11.1. The molecule has 1 aliphatic rings. The highest BCUT2D eigenvalue weighted by Gasteiger charge is 2.33. The second-order valence-corrected chi connectivity index (χ2v) is 11.7. The lowest BCUT2D eigenvalue weighted by Crippen LogP contribution is -2.27. The molecule has 0 atom stereocenters. The van der Waals surface area contributed by atoms with Gasteiger partial charge in [0, 0.05) is 11.6 Å². The van der Waals surface area contributed by atoms with Crippen molar-refractivity contribution in [3.63, 3.8) is 0 Å². The van der Waals surface area contributed by atoms with E-state index in [2.05, 4.69) is 0 Å². The van der Waals surface area contributed by atoms with Crippen molar-refractivity contribution in [2.45, 2.75) is 25.7 Å². The number of thiocarbonyl (C=S) groups is 1. The predicted molar refractivity (Wildman–Crippen MR) is 150 cm³/mol. The van der Waals surface area contributed by atoms with E-state index < -0.39 is 15.0 Å². The van der Waals surface area contributed by atoms with E-state index in [0.717, 1.165) is 29.0 Å². The fourth-order valence-electron chi connectivity index (χ4n) is 3.66. The molecule has 1 fully saturated rings. The van der Waals surface area contributed by atoms with Crippen molar-refractivity contribution in [3.05, 3.63) is 91.9 Å². The molecule has 1 aliphatic heterocycles. The zero-order chi connectivity index (χ0) is 27.8. The number of carbonyl (C=O) groups excluding carboxylic acids is 1. The number of hydrogen-bond donors (Lipinski definition) is 0. The topological polar surface area (TPSA) is 116 Å². The van der Waals surface area contributed by atoms with Crippen molar-refractivity contribution in [2.24, 2.45) is 0 Å². The van der Waals surface area contributed by atoms with Crippen molar-refractivity contribution in [3.8, 4) is 11.5 Å². The van der Waals surface area contributed by atoms with E-state index in [1.54, 1.807) is 12.1 Å². The molecule has 4 rings (SSSR count). The van der Waals surface area contributed by atoms with Gasteiger partial charge in [-0.2, -0.15) is 8.42 Å². The number of anilines is 1. The van der Waals surface area contributed by atoms with E-state index in [4.69, 9.17) is 21.1 Å². The van der Waals surface area contributed by atoms with E-state index in [1.165, 1.54) is 43.2 Å². The van der Waals surface area contributed by atoms with Gasteiger partial charge in [0.15, 0.2) is 15.8 Å². The highest BCUT2D eigenvalue weighted by atomic mass is 32.2. The van der Waals surface area contributed by atoms with Crippen molar-refractivity contribution in [2.75, 3.05) is 12.0 Å². The van der Waals surface area contributed by atoms with Crippen LogP contribution in [-0.4, -0.2) is 30.7 Å². The minimum absolute atomic E-state index is 0.0913. The highest BCUT2D eigenvalue weighted by molar-refractivity contribution is 8.27. The summed E-state index contributed by atoms with van der Waals surface area (Å²) in [6.07, 6.45) is 1.63. The van der Waals surface area contributed by atoms with E-state index in [1.807, 2.05) is 32.0 Å². The van der Waals surface area contributed by atoms with Gasteiger partial charge in [-0.25, -0.2) is 0 Å². The number of nitrogens with zero attached hydrogens (tertiary/aromatic N) is 2. The number of nitro groups is 1. The van der Waals surface area contributed by atoms with Gasteiger partial charge in [0.05, 0.1) is 22.6 Å². The molecular weight excluding hydrogens is 548 g/mol. The SMILES string of the molecule is COc1cc(/C=C2\SC(=S)N(c3ccc(C)c(C)c3)C2=O)ccc1OS(=O)(=O)c1ccc(C)c([N+](=O)[O-])c1. The Hall–Kier alpha value is -3.74. The standard InChI is InChI=1S/C26H22N2O7S3/c1-15-5-8-19(11-17(15)3)27-25(29)24(37-26(27)36)13-18-7-10-22(23(12-18)34-4)35-38(32,33)20-9-6-16(2)21(14-20)28(30)31/h5-14H,1-4H3/b24-13-. The van der Waals surface area contributed by atoms with Crippen LogP contribution in [0.25, 0.3) is 6.08 Å². The summed E-state index contributed by atoms with van der Waals surface area (Å²) >= 11 is 6.61. The Morgan fingerprint density at radius 1 is 0.974 bits per heavy atom. The Labute approximate surface area is 229 Å². The second kappa shape index (κ2) is 10.6. The average Bonchev–Trinajstić information content (AvgIpc) is 3.14. The molecule has 0 spiro atoms. The van der Waals surface area contributed by atoms with Gasteiger partial charge in [-0.3, -0.25) is 19.8 Å². The molecule has 0 aliphatic carbocycles. The fraction of sp³-hybridized carbons (Fsp3) is 0.154. The van der Waals surface area contributed by atoms with Crippen LogP contribution in [-0.2, 0) is 14.9 Å². The number of rotatable bonds is 7. The number of benzene rings is 3. The number of ether oxygens (including phenoxy) is 1. The molecule has 1 heterocycles. The molecule has 38 heavy (non-hydrogen) atoms. The molecule has 0 bridgehead atoms. The molecule has 0 unspecified atom stereocenters. The zero-order valence-electron chi connectivity index (χ0n) is 20.8. The molecular formula is C26H22N2O7S3. The normalized spacial score (nSPS) is 14.7. The van der Waals surface area contributed by atoms with Gasteiger partial charge in [-0.1, -0.05) is 42.2 Å². The summed E-state index contributed by atoms with van der Waals surface area (Å²) in [7, 11) is -3.05. The van der Waals surface area contributed by atoms with Gasteiger partial charge in [-0.15, -0.1) is 0 Å². The zero-order valence-corrected chi connectivity index (χ0v) is 23.2. The van der Waals surface area contributed by atoms with Crippen LogP contribution in [0.4, 0.5) is 11.4 Å². The second-order valence-electron chi connectivity index (χ2n) is 8.44. The Morgan fingerprint density at radius 2 is 1.68 bits per heavy atom. The third-order valence-corrected chi connectivity index (χ3v) is 8.43. The quantitative estimate of drug-likeness (QED) is 0.116. The molecule has 3 aromatic carbocycles. The fourth-order valence-corrected chi connectivity index (χ4v) is 5.92. The minimum Gasteiger partial charge on any atom is -0.493 e. The molecule has 12 heteroatoms. The van der Waals surface area contributed by atoms with E-state index in [0.29, 0.717) is 26.0 Å². The van der Waals surface area contributed by atoms with Gasteiger partial charge in [-0.05, 0) is 73.9 Å². The summed E-state index contributed by atoms with van der Waals surface area (Å²) in [6.45, 7) is 5.45. The summed E-state index contributed by atoms with van der Waals surface area (Å²) in [4.78, 5) is 25.2. The van der Waals surface area contributed by atoms with Crippen molar-refractivity contribution < 1.29 is 27.1 Å². The summed E-state index contributed by atoms with van der Waals surface area (Å²) in [5, 5.41) is 11.2. The number of thioether (sulfide) groups is 1. The smallest absolute Gasteiger partial charge is 0.339 e. The molecule has 0 aromatic heterocycles. The molecule has 1 saturated heterocycles. The third-order valence-electron chi connectivity index (χ3n) is 5.89. The largest absolute Gasteiger partial charge is 0.493 e.